The van der Waals surface area contributed by atoms with Gasteiger partial charge in [0.05, 0.1) is 24.0 Å². The molecule has 232 valence electrons. The summed E-state index contributed by atoms with van der Waals surface area (Å²) in [5.74, 6) is 11.6. The normalized spacial score (nSPS) is 37.9. The highest BCUT2D eigenvalue weighted by atomic mass is 16.6. The monoisotopic (exact) mass is 603 g/mol. The number of rotatable bonds is 3. The molecule has 0 aromatic rings. The maximum atomic E-state index is 14.9. The molecule has 2 bridgehead atoms. The van der Waals surface area contributed by atoms with Gasteiger partial charge in [-0.2, -0.15) is 0 Å². The van der Waals surface area contributed by atoms with Crippen LogP contribution in [0.3, 0.4) is 0 Å². The van der Waals surface area contributed by atoms with E-state index in [-0.39, 0.29) is 25.2 Å². The number of aliphatic hydroxyl groups is 2. The summed E-state index contributed by atoms with van der Waals surface area (Å²) < 4.78 is 17.9. The minimum Gasteiger partial charge on any atom is -0.454 e. The van der Waals surface area contributed by atoms with E-state index in [0.29, 0.717) is 11.1 Å². The highest BCUT2D eigenvalue weighted by Crippen LogP contribution is 2.64. The van der Waals surface area contributed by atoms with Gasteiger partial charge < -0.3 is 29.7 Å². The smallest absolute Gasteiger partial charge is 0.385 e. The predicted molar refractivity (Wildman–Crippen MR) is 156 cm³/mol. The molecule has 1 heterocycles. The zero-order valence-electron chi connectivity index (χ0n) is 25.9. The van der Waals surface area contributed by atoms with E-state index in [0.717, 1.165) is 0 Å². The molecule has 4 aliphatic rings. The fraction of sp³-hybridized carbons (Fsp3) is 0.588. The second-order valence-corrected chi connectivity index (χ2v) is 12.8. The van der Waals surface area contributed by atoms with Crippen molar-refractivity contribution < 1.29 is 43.6 Å². The standard InChI is InChI=1S/C34H37NO9/c1-9-10-11-12-13-14-15-26(39)43-30-28-32(8,24(35-21(4)36)16-25-33(28,18-42-25)44-22(5)37)29(40)20(3)27-19(2)23(38)17-34(30,41)31(27,6)7/h1,20,23-25,28,30,38,41H,16-18H2,2-8H3,(H,35,36)/t20-,23+,24+,25-,28?,30+,32-,33+,34-/m1/s1. The number of carbonyl (C=O) groups excluding carboxylic acids is 4. The molecule has 9 atom stereocenters. The molecule has 3 fully saturated rings. The highest BCUT2D eigenvalue weighted by molar-refractivity contribution is 5.93. The van der Waals surface area contributed by atoms with Crippen LogP contribution in [0.5, 0.6) is 0 Å². The molecule has 3 N–H and O–H groups in total. The highest BCUT2D eigenvalue weighted by Gasteiger charge is 2.77. The summed E-state index contributed by atoms with van der Waals surface area (Å²) in [4.78, 5) is 53.3. The summed E-state index contributed by atoms with van der Waals surface area (Å²) in [6, 6.07) is -0.849. The fourth-order valence-corrected chi connectivity index (χ4v) is 8.24. The van der Waals surface area contributed by atoms with Gasteiger partial charge in [0.15, 0.2) is 5.60 Å². The van der Waals surface area contributed by atoms with Crippen molar-refractivity contribution in [1.29, 1.82) is 0 Å². The van der Waals surface area contributed by atoms with Crippen molar-refractivity contribution in [3.63, 3.8) is 0 Å². The SMILES string of the molecule is C#CC#CC#CC#CC(=O)O[C@H]1C2[C@](C)(C(=O)[C@H](C)C3=C(C)[C@@H](O)C[C@]1(O)C3(C)C)[C@@H](NC(C)=O)C[C@H]1OC[C@@]21OC(C)=O. The van der Waals surface area contributed by atoms with Crippen LogP contribution in [-0.2, 0) is 33.4 Å². The minimum atomic E-state index is -2.01. The van der Waals surface area contributed by atoms with E-state index in [1.54, 1.807) is 34.6 Å². The molecule has 44 heavy (non-hydrogen) atoms. The van der Waals surface area contributed by atoms with E-state index in [2.05, 4.69) is 46.8 Å². The molecule has 1 unspecified atom stereocenters. The number of ketones is 1. The van der Waals surface area contributed by atoms with Crippen molar-refractivity contribution in [1.82, 2.24) is 5.32 Å². The van der Waals surface area contributed by atoms with Crippen molar-refractivity contribution in [3.05, 3.63) is 11.1 Å². The van der Waals surface area contributed by atoms with Gasteiger partial charge in [0.1, 0.15) is 23.6 Å². The number of hydrogen-bond donors (Lipinski definition) is 3. The Morgan fingerprint density at radius 1 is 1.09 bits per heavy atom. The summed E-state index contributed by atoms with van der Waals surface area (Å²) in [5, 5.41) is 27.0. The van der Waals surface area contributed by atoms with Crippen LogP contribution < -0.4 is 5.32 Å². The third-order valence-corrected chi connectivity index (χ3v) is 10.1. The number of carbonyl (C=O) groups is 4. The van der Waals surface area contributed by atoms with E-state index in [9.17, 15) is 29.4 Å². The van der Waals surface area contributed by atoms with Crippen molar-refractivity contribution in [2.75, 3.05) is 6.61 Å². The number of terminal acetylenes is 1. The number of aliphatic hydroxyl groups excluding tert-OH is 1. The second-order valence-electron chi connectivity index (χ2n) is 12.8. The Hall–Kier alpha value is -4.06. The summed E-state index contributed by atoms with van der Waals surface area (Å²) in [6.45, 7) is 10.9. The van der Waals surface area contributed by atoms with Crippen molar-refractivity contribution >= 4 is 23.6 Å². The van der Waals surface area contributed by atoms with Crippen molar-refractivity contribution in [3.8, 4) is 47.9 Å². The lowest BCUT2D eigenvalue weighted by molar-refractivity contribution is -0.336. The van der Waals surface area contributed by atoms with Crippen LogP contribution in [0.4, 0.5) is 0 Å². The first-order chi connectivity index (χ1) is 20.5. The third kappa shape index (κ3) is 4.89. The third-order valence-electron chi connectivity index (χ3n) is 10.1. The quantitative estimate of drug-likeness (QED) is 0.185. The number of fused-ring (bicyclic) bond motifs is 5. The van der Waals surface area contributed by atoms with Gasteiger partial charge in [0.2, 0.25) is 5.91 Å². The molecular weight excluding hydrogens is 566 g/mol. The number of hydrogen-bond acceptors (Lipinski definition) is 9. The Morgan fingerprint density at radius 3 is 2.30 bits per heavy atom. The molecule has 2 saturated carbocycles. The minimum absolute atomic E-state index is 0.121. The number of esters is 2. The van der Waals surface area contributed by atoms with Crippen LogP contribution in [0.25, 0.3) is 0 Å². The van der Waals surface area contributed by atoms with Crippen LogP contribution in [0, 0.1) is 70.5 Å². The molecule has 1 saturated heterocycles. The molecule has 10 nitrogen and oxygen atoms in total. The van der Waals surface area contributed by atoms with Gasteiger partial charge >= 0.3 is 11.9 Å². The summed E-state index contributed by atoms with van der Waals surface area (Å²) in [6.07, 6.45) is 1.37. The van der Waals surface area contributed by atoms with Gasteiger partial charge in [-0.05, 0) is 60.0 Å². The van der Waals surface area contributed by atoms with Crippen LogP contribution in [0.2, 0.25) is 0 Å². The molecule has 10 heteroatoms. The van der Waals surface area contributed by atoms with Gasteiger partial charge in [0.25, 0.3) is 0 Å². The van der Waals surface area contributed by atoms with Gasteiger partial charge in [-0.25, -0.2) is 4.79 Å². The van der Waals surface area contributed by atoms with Crippen LogP contribution in [0.15, 0.2) is 11.1 Å². The zero-order chi connectivity index (χ0) is 32.8. The fourth-order valence-electron chi connectivity index (χ4n) is 8.24. The predicted octanol–water partition coefficient (Wildman–Crippen LogP) is 0.830. The molecule has 0 radical (unpaired) electrons. The molecule has 4 rings (SSSR count). The number of amides is 1. The van der Waals surface area contributed by atoms with Crippen LogP contribution in [0.1, 0.15) is 61.3 Å². The Bertz CT molecular complexity index is 1570. The Morgan fingerprint density at radius 2 is 1.73 bits per heavy atom. The van der Waals surface area contributed by atoms with E-state index >= 15 is 0 Å². The average molecular weight is 604 g/mol. The lowest BCUT2D eigenvalue weighted by atomic mass is 9.43. The summed E-state index contributed by atoms with van der Waals surface area (Å²) in [5.41, 5.74) is -5.27. The first-order valence-corrected chi connectivity index (χ1v) is 14.4. The molecule has 0 aromatic carbocycles. The lowest BCUT2D eigenvalue weighted by Crippen LogP contribution is -2.82. The van der Waals surface area contributed by atoms with Gasteiger partial charge in [-0.3, -0.25) is 14.4 Å². The summed E-state index contributed by atoms with van der Waals surface area (Å²) in [7, 11) is 0. The van der Waals surface area contributed by atoms with Crippen molar-refractivity contribution in [2.45, 2.75) is 96.9 Å². The zero-order valence-corrected chi connectivity index (χ0v) is 25.9. The molecule has 3 aliphatic carbocycles. The Balaban J connectivity index is 2.03. The topological polar surface area (TPSA) is 148 Å². The molecule has 1 amide bonds. The maximum absolute atomic E-state index is 14.9. The first-order valence-electron chi connectivity index (χ1n) is 14.4. The number of ether oxygens (including phenoxy) is 3. The van der Waals surface area contributed by atoms with Gasteiger partial charge in [-0.15, -0.1) is 6.42 Å². The van der Waals surface area contributed by atoms with Gasteiger partial charge in [-0.1, -0.05) is 27.7 Å². The van der Waals surface area contributed by atoms with E-state index < -0.39 is 76.1 Å². The molecular formula is C34H37NO9. The van der Waals surface area contributed by atoms with E-state index in [4.69, 9.17) is 20.6 Å². The van der Waals surface area contributed by atoms with Crippen LogP contribution >= 0.6 is 0 Å². The number of Topliss-reactive ketones (excluding diaryl/α,β-unsaturated/α-hetero) is 1. The van der Waals surface area contributed by atoms with E-state index in [1.165, 1.54) is 13.8 Å². The lowest BCUT2D eigenvalue weighted by Gasteiger charge is -2.68. The average Bonchev–Trinajstić information content (AvgIpc) is 2.92. The second kappa shape index (κ2) is 11.5. The molecule has 0 spiro atoms. The largest absolute Gasteiger partial charge is 0.454 e. The van der Waals surface area contributed by atoms with Crippen molar-refractivity contribution in [2.24, 2.45) is 22.7 Å². The first kappa shape index (κ1) is 32.8. The number of nitrogens with one attached hydrogen (secondary N) is 1. The Kier molecular flexibility index (Phi) is 8.55. The van der Waals surface area contributed by atoms with Gasteiger partial charge in [0, 0.05) is 43.6 Å². The maximum Gasteiger partial charge on any atom is 0.385 e. The Labute approximate surface area is 257 Å². The summed E-state index contributed by atoms with van der Waals surface area (Å²) >= 11 is 0. The van der Waals surface area contributed by atoms with E-state index in [1.807, 2.05) is 0 Å². The molecule has 0 aromatic heterocycles. The van der Waals surface area contributed by atoms with Crippen LogP contribution in [-0.4, -0.2) is 76.0 Å². The molecule has 1 aliphatic heterocycles.